The molecule has 0 bridgehead atoms. The van der Waals surface area contributed by atoms with Crippen LogP contribution in [0.15, 0.2) is 18.2 Å². The lowest BCUT2D eigenvalue weighted by Gasteiger charge is -2.43. The monoisotopic (exact) mass is 265 g/mol. The van der Waals surface area contributed by atoms with Crippen LogP contribution >= 0.6 is 11.6 Å². The van der Waals surface area contributed by atoms with Crippen LogP contribution in [-0.2, 0) is 4.74 Å². The summed E-state index contributed by atoms with van der Waals surface area (Å²) in [6.07, 6.45) is 1.02. The maximum Gasteiger partial charge on any atom is 0.101 e. The topological polar surface area (TPSA) is 71.1 Å². The van der Waals surface area contributed by atoms with Crippen LogP contribution in [0.5, 0.6) is 0 Å². The van der Waals surface area contributed by atoms with Gasteiger partial charge in [0.1, 0.15) is 6.07 Å². The first-order valence-corrected chi connectivity index (χ1v) is 6.37. The first-order chi connectivity index (χ1) is 8.65. The van der Waals surface area contributed by atoms with Gasteiger partial charge in [0.15, 0.2) is 0 Å². The van der Waals surface area contributed by atoms with Crippen molar-refractivity contribution in [2.75, 3.05) is 11.9 Å². The van der Waals surface area contributed by atoms with E-state index in [4.69, 9.17) is 27.3 Å². The molecule has 0 saturated heterocycles. The van der Waals surface area contributed by atoms with Crippen molar-refractivity contribution in [1.82, 2.24) is 0 Å². The first kappa shape index (κ1) is 13.2. The van der Waals surface area contributed by atoms with Crippen LogP contribution < -0.4 is 11.1 Å². The number of anilines is 1. The molecule has 4 nitrogen and oxygen atoms in total. The molecule has 1 saturated carbocycles. The van der Waals surface area contributed by atoms with Gasteiger partial charge in [-0.2, -0.15) is 5.26 Å². The highest BCUT2D eigenvalue weighted by Gasteiger charge is 2.39. The van der Waals surface area contributed by atoms with Crippen LogP contribution in [0.1, 0.15) is 18.9 Å². The Morgan fingerprint density at radius 3 is 2.94 bits per heavy atom. The largest absolute Gasteiger partial charge is 0.378 e. The van der Waals surface area contributed by atoms with Crippen LogP contribution in [0.25, 0.3) is 0 Å². The normalized spacial score (nSPS) is 26.2. The van der Waals surface area contributed by atoms with E-state index in [-0.39, 0.29) is 18.2 Å². The minimum absolute atomic E-state index is 0.0935. The van der Waals surface area contributed by atoms with Crippen LogP contribution in [0, 0.1) is 11.3 Å². The summed E-state index contributed by atoms with van der Waals surface area (Å²) in [5, 5.41) is 12.6. The van der Waals surface area contributed by atoms with Crippen LogP contribution in [0.2, 0.25) is 5.02 Å². The van der Waals surface area contributed by atoms with Crippen LogP contribution in [0.4, 0.5) is 5.69 Å². The van der Waals surface area contributed by atoms with Gasteiger partial charge in [0.2, 0.25) is 0 Å². The number of hydrogen-bond donors (Lipinski definition) is 2. The van der Waals surface area contributed by atoms with Crippen molar-refractivity contribution >= 4 is 17.3 Å². The average molecular weight is 266 g/mol. The van der Waals surface area contributed by atoms with Gasteiger partial charge in [-0.1, -0.05) is 11.6 Å². The molecule has 0 spiro atoms. The van der Waals surface area contributed by atoms with Gasteiger partial charge in [0, 0.05) is 18.3 Å². The molecule has 3 N–H and O–H groups in total. The third kappa shape index (κ3) is 2.59. The van der Waals surface area contributed by atoms with Crippen molar-refractivity contribution in [2.24, 2.45) is 5.73 Å². The van der Waals surface area contributed by atoms with E-state index in [2.05, 4.69) is 5.32 Å². The van der Waals surface area contributed by atoms with Crippen LogP contribution in [0.3, 0.4) is 0 Å². The predicted octanol–water partition coefficient (Wildman–Crippen LogP) is 2.13. The van der Waals surface area contributed by atoms with Gasteiger partial charge in [-0.25, -0.2) is 0 Å². The summed E-state index contributed by atoms with van der Waals surface area (Å²) >= 11 is 5.98. The predicted molar refractivity (Wildman–Crippen MR) is 71.6 cm³/mol. The second kappa shape index (κ2) is 5.57. The molecule has 1 aliphatic carbocycles. The molecule has 3 unspecified atom stereocenters. The summed E-state index contributed by atoms with van der Waals surface area (Å²) in [5.41, 5.74) is 7.30. The highest BCUT2D eigenvalue weighted by molar-refractivity contribution is 6.32. The number of ether oxygens (including phenoxy) is 1. The Morgan fingerprint density at radius 2 is 2.39 bits per heavy atom. The second-order valence-corrected chi connectivity index (χ2v) is 4.78. The molecule has 18 heavy (non-hydrogen) atoms. The highest BCUT2D eigenvalue weighted by Crippen LogP contribution is 2.28. The first-order valence-electron chi connectivity index (χ1n) is 5.99. The van der Waals surface area contributed by atoms with E-state index in [0.29, 0.717) is 17.2 Å². The van der Waals surface area contributed by atoms with Gasteiger partial charge < -0.3 is 15.8 Å². The quantitative estimate of drug-likeness (QED) is 0.875. The molecular weight excluding hydrogens is 250 g/mol. The molecule has 0 amide bonds. The molecule has 2 rings (SSSR count). The number of nitrogens with two attached hydrogens (primary N) is 1. The summed E-state index contributed by atoms with van der Waals surface area (Å²) in [5.74, 6) is 0. The molecule has 0 aliphatic heterocycles. The highest BCUT2D eigenvalue weighted by atomic mass is 35.5. The Hall–Kier alpha value is -1.28. The molecule has 1 aliphatic rings. The van der Waals surface area contributed by atoms with E-state index in [0.717, 1.165) is 12.1 Å². The number of halogens is 1. The molecule has 0 heterocycles. The van der Waals surface area contributed by atoms with Crippen molar-refractivity contribution in [3.05, 3.63) is 28.8 Å². The minimum atomic E-state index is 0.0935. The minimum Gasteiger partial charge on any atom is -0.378 e. The number of rotatable bonds is 4. The lowest BCUT2D eigenvalue weighted by atomic mass is 9.83. The SMILES string of the molecule is CCOC1CC(N)C1Nc1ccc(C#N)c(Cl)c1. The molecule has 1 fully saturated rings. The zero-order valence-corrected chi connectivity index (χ0v) is 10.9. The van der Waals surface area contributed by atoms with Gasteiger partial charge in [-0.3, -0.25) is 0 Å². The van der Waals surface area contributed by atoms with Crippen molar-refractivity contribution < 1.29 is 4.74 Å². The van der Waals surface area contributed by atoms with E-state index in [1.165, 1.54) is 0 Å². The van der Waals surface area contributed by atoms with Crippen molar-refractivity contribution in [1.29, 1.82) is 5.26 Å². The zero-order valence-electron chi connectivity index (χ0n) is 10.2. The van der Waals surface area contributed by atoms with Gasteiger partial charge >= 0.3 is 0 Å². The zero-order chi connectivity index (χ0) is 13.1. The van der Waals surface area contributed by atoms with Crippen molar-refractivity contribution in [2.45, 2.75) is 31.5 Å². The Kier molecular flexibility index (Phi) is 4.07. The molecule has 0 aromatic heterocycles. The number of nitrogens with zero attached hydrogens (tertiary/aromatic N) is 1. The third-order valence-corrected chi connectivity index (χ3v) is 3.48. The molecule has 1 aromatic rings. The smallest absolute Gasteiger partial charge is 0.101 e. The van der Waals surface area contributed by atoms with Crippen LogP contribution in [-0.4, -0.2) is 24.8 Å². The maximum absolute atomic E-state index is 8.81. The molecule has 96 valence electrons. The fourth-order valence-corrected chi connectivity index (χ4v) is 2.34. The lowest BCUT2D eigenvalue weighted by Crippen LogP contribution is -2.60. The Balaban J connectivity index is 2.05. The molecular formula is C13H16ClN3O. The summed E-state index contributed by atoms with van der Waals surface area (Å²) in [6, 6.07) is 7.51. The van der Waals surface area contributed by atoms with E-state index in [1.807, 2.05) is 19.1 Å². The molecule has 0 radical (unpaired) electrons. The number of nitriles is 1. The second-order valence-electron chi connectivity index (χ2n) is 4.37. The summed E-state index contributed by atoms with van der Waals surface area (Å²) < 4.78 is 5.58. The molecule has 1 aromatic carbocycles. The van der Waals surface area contributed by atoms with Gasteiger partial charge in [0.05, 0.1) is 22.7 Å². The fraction of sp³-hybridized carbons (Fsp3) is 0.462. The number of hydrogen-bond acceptors (Lipinski definition) is 4. The molecule has 3 atom stereocenters. The maximum atomic E-state index is 8.81. The molecule has 5 heteroatoms. The van der Waals surface area contributed by atoms with Gasteiger partial charge in [-0.05, 0) is 31.5 Å². The fourth-order valence-electron chi connectivity index (χ4n) is 2.12. The average Bonchev–Trinajstić information content (AvgIpc) is 2.36. The number of nitrogens with one attached hydrogen (secondary N) is 1. The standard InChI is InChI=1S/C13H16ClN3O/c1-2-18-12-6-11(16)13(12)17-9-4-3-8(7-15)10(14)5-9/h3-5,11-13,17H,2,6,16H2,1H3. The van der Waals surface area contributed by atoms with E-state index >= 15 is 0 Å². The summed E-state index contributed by atoms with van der Waals surface area (Å²) in [7, 11) is 0. The van der Waals surface area contributed by atoms with E-state index < -0.39 is 0 Å². The van der Waals surface area contributed by atoms with Crippen molar-refractivity contribution in [3.63, 3.8) is 0 Å². The summed E-state index contributed by atoms with van der Waals surface area (Å²) in [6.45, 7) is 2.66. The van der Waals surface area contributed by atoms with Gasteiger partial charge in [-0.15, -0.1) is 0 Å². The number of benzene rings is 1. The lowest BCUT2D eigenvalue weighted by molar-refractivity contribution is -0.0126. The Labute approximate surface area is 112 Å². The van der Waals surface area contributed by atoms with E-state index in [1.54, 1.807) is 12.1 Å². The third-order valence-electron chi connectivity index (χ3n) is 3.17. The summed E-state index contributed by atoms with van der Waals surface area (Å²) in [4.78, 5) is 0. The van der Waals surface area contributed by atoms with E-state index in [9.17, 15) is 0 Å². The Morgan fingerprint density at radius 1 is 1.61 bits per heavy atom. The van der Waals surface area contributed by atoms with Gasteiger partial charge in [0.25, 0.3) is 0 Å². The Bertz CT molecular complexity index is 470. The van der Waals surface area contributed by atoms with Crippen molar-refractivity contribution in [3.8, 4) is 6.07 Å².